The number of aromatic nitrogens is 1. The number of pyridine rings is 1. The summed E-state index contributed by atoms with van der Waals surface area (Å²) in [4.78, 5) is 5.03. The quantitative estimate of drug-likeness (QED) is 0.814. The predicted molar refractivity (Wildman–Crippen MR) is 72.2 cm³/mol. The van der Waals surface area contributed by atoms with Crippen molar-refractivity contribution in [1.82, 2.24) is 4.98 Å². The van der Waals surface area contributed by atoms with Crippen LogP contribution in [0, 0.1) is 11.3 Å². The minimum Gasteiger partial charge on any atom is -0.248 e. The molecule has 0 atom stereocenters. The third-order valence-corrected chi connectivity index (χ3v) is 4.00. The first-order valence-electron chi connectivity index (χ1n) is 4.69. The van der Waals surface area contributed by atoms with Gasteiger partial charge < -0.3 is 0 Å². The van der Waals surface area contributed by atoms with Gasteiger partial charge in [0.1, 0.15) is 11.1 Å². The van der Waals surface area contributed by atoms with E-state index in [4.69, 9.17) is 16.9 Å². The highest BCUT2D eigenvalue weighted by atomic mass is 79.9. The fraction of sp³-hybridized carbons (Fsp3) is 0. The van der Waals surface area contributed by atoms with Crippen LogP contribution in [0.3, 0.4) is 0 Å². The highest BCUT2D eigenvalue weighted by molar-refractivity contribution is 9.10. The minimum absolute atomic E-state index is 0.587. The van der Waals surface area contributed by atoms with Gasteiger partial charge in [0.25, 0.3) is 0 Å². The first-order valence-corrected chi connectivity index (χ1v) is 6.67. The average molecular weight is 326 g/mol. The molecule has 84 valence electrons. The third kappa shape index (κ3) is 3.01. The van der Waals surface area contributed by atoms with Gasteiger partial charge in [0.05, 0.1) is 10.6 Å². The first-order chi connectivity index (χ1) is 8.20. The monoisotopic (exact) mass is 324 g/mol. The molecule has 1 aromatic heterocycles. The summed E-state index contributed by atoms with van der Waals surface area (Å²) in [5.41, 5.74) is 0.603. The normalized spacial score (nSPS) is 9.94. The van der Waals surface area contributed by atoms with E-state index in [1.54, 1.807) is 24.4 Å². The van der Waals surface area contributed by atoms with E-state index in [2.05, 4.69) is 27.0 Å². The molecule has 0 fully saturated rings. The van der Waals surface area contributed by atoms with Gasteiger partial charge in [0, 0.05) is 15.6 Å². The van der Waals surface area contributed by atoms with Crippen LogP contribution < -0.4 is 0 Å². The van der Waals surface area contributed by atoms with Gasteiger partial charge in [-0.25, -0.2) is 4.98 Å². The van der Waals surface area contributed by atoms with Crippen LogP contribution in [-0.2, 0) is 0 Å². The number of benzene rings is 1. The molecule has 2 rings (SSSR count). The van der Waals surface area contributed by atoms with E-state index >= 15 is 0 Å². The molecular weight excluding hydrogens is 320 g/mol. The summed E-state index contributed by atoms with van der Waals surface area (Å²) >= 11 is 10.7. The molecule has 1 heterocycles. The molecule has 0 spiro atoms. The van der Waals surface area contributed by atoms with E-state index in [9.17, 15) is 0 Å². The van der Waals surface area contributed by atoms with Crippen LogP contribution in [0.25, 0.3) is 0 Å². The van der Waals surface area contributed by atoms with E-state index in [0.29, 0.717) is 15.6 Å². The van der Waals surface area contributed by atoms with Crippen LogP contribution in [0.4, 0.5) is 0 Å². The third-order valence-electron chi connectivity index (χ3n) is 1.99. The van der Waals surface area contributed by atoms with Crippen molar-refractivity contribution >= 4 is 39.3 Å². The summed E-state index contributed by atoms with van der Waals surface area (Å²) in [6.45, 7) is 0. The summed E-state index contributed by atoms with van der Waals surface area (Å²) in [5, 5.41) is 10.3. The Morgan fingerprint density at radius 3 is 2.88 bits per heavy atom. The summed E-state index contributed by atoms with van der Waals surface area (Å²) in [6.07, 6.45) is 1.68. The maximum Gasteiger partial charge on any atom is 0.119 e. The van der Waals surface area contributed by atoms with Crippen LogP contribution >= 0.6 is 39.3 Å². The number of hydrogen-bond acceptors (Lipinski definition) is 3. The molecule has 0 aliphatic rings. The minimum atomic E-state index is 0.587. The van der Waals surface area contributed by atoms with Crippen LogP contribution in [0.5, 0.6) is 0 Å². The fourth-order valence-electron chi connectivity index (χ4n) is 1.23. The summed E-state index contributed by atoms with van der Waals surface area (Å²) in [5.74, 6) is 0. The second-order valence-corrected chi connectivity index (χ2v) is 5.50. The standard InChI is InChI=1S/C12H6BrClN2S/c13-9-3-4-11(8(6-9)7-15)17-12-10(14)2-1-5-16-12/h1-6H. The number of halogens is 2. The Morgan fingerprint density at radius 2 is 2.18 bits per heavy atom. The van der Waals surface area contributed by atoms with Crippen molar-refractivity contribution in [2.75, 3.05) is 0 Å². The summed E-state index contributed by atoms with van der Waals surface area (Å²) < 4.78 is 0.880. The topological polar surface area (TPSA) is 36.7 Å². The zero-order valence-corrected chi connectivity index (χ0v) is 11.7. The van der Waals surface area contributed by atoms with Crippen molar-refractivity contribution in [3.8, 4) is 6.07 Å². The maximum absolute atomic E-state index is 9.05. The Labute approximate surface area is 117 Å². The second-order valence-electron chi connectivity index (χ2n) is 3.14. The van der Waals surface area contributed by atoms with Crippen molar-refractivity contribution < 1.29 is 0 Å². The molecule has 0 unspecified atom stereocenters. The molecule has 0 radical (unpaired) electrons. The highest BCUT2D eigenvalue weighted by Crippen LogP contribution is 2.34. The Kier molecular flexibility index (Phi) is 4.06. The lowest BCUT2D eigenvalue weighted by Gasteiger charge is -2.04. The van der Waals surface area contributed by atoms with Gasteiger partial charge in [0.15, 0.2) is 0 Å². The van der Waals surface area contributed by atoms with E-state index < -0.39 is 0 Å². The van der Waals surface area contributed by atoms with Crippen LogP contribution in [0.15, 0.2) is 50.9 Å². The Hall–Kier alpha value is -1.02. The molecule has 17 heavy (non-hydrogen) atoms. The Bertz CT molecular complexity index is 595. The average Bonchev–Trinajstić information content (AvgIpc) is 2.34. The number of nitrogens with zero attached hydrogens (tertiary/aromatic N) is 2. The predicted octanol–water partition coefficient (Wildman–Crippen LogP) is 4.52. The summed E-state index contributed by atoms with van der Waals surface area (Å²) in [7, 11) is 0. The molecule has 0 bridgehead atoms. The molecule has 0 N–H and O–H groups in total. The van der Waals surface area contributed by atoms with Crippen molar-refractivity contribution in [2.24, 2.45) is 0 Å². The van der Waals surface area contributed by atoms with E-state index in [1.807, 2.05) is 12.1 Å². The molecule has 0 saturated heterocycles. The van der Waals surface area contributed by atoms with Gasteiger partial charge >= 0.3 is 0 Å². The van der Waals surface area contributed by atoms with Crippen LogP contribution in [0.1, 0.15) is 5.56 Å². The van der Waals surface area contributed by atoms with E-state index in [-0.39, 0.29) is 0 Å². The zero-order chi connectivity index (χ0) is 12.3. The number of nitriles is 1. The van der Waals surface area contributed by atoms with Gasteiger partial charge in [-0.1, -0.05) is 39.3 Å². The van der Waals surface area contributed by atoms with Gasteiger partial charge in [-0.3, -0.25) is 0 Å². The van der Waals surface area contributed by atoms with Gasteiger partial charge in [-0.15, -0.1) is 0 Å². The molecule has 2 nitrogen and oxygen atoms in total. The van der Waals surface area contributed by atoms with Crippen molar-refractivity contribution in [2.45, 2.75) is 9.92 Å². The second kappa shape index (κ2) is 5.54. The van der Waals surface area contributed by atoms with Crippen molar-refractivity contribution in [1.29, 1.82) is 5.26 Å². The van der Waals surface area contributed by atoms with Crippen LogP contribution in [0.2, 0.25) is 5.02 Å². The van der Waals surface area contributed by atoms with Crippen LogP contribution in [-0.4, -0.2) is 4.98 Å². The number of hydrogen-bond donors (Lipinski definition) is 0. The lowest BCUT2D eigenvalue weighted by molar-refractivity contribution is 1.13. The van der Waals surface area contributed by atoms with Gasteiger partial charge in [-0.2, -0.15) is 5.26 Å². The molecule has 0 aliphatic heterocycles. The Morgan fingerprint density at radius 1 is 1.35 bits per heavy atom. The molecule has 2 aromatic rings. The maximum atomic E-state index is 9.05. The fourth-order valence-corrected chi connectivity index (χ4v) is 2.67. The largest absolute Gasteiger partial charge is 0.248 e. The van der Waals surface area contributed by atoms with Gasteiger partial charge in [-0.05, 0) is 30.3 Å². The van der Waals surface area contributed by atoms with Crippen molar-refractivity contribution in [3.05, 3.63) is 51.6 Å². The Balaban J connectivity index is 2.37. The zero-order valence-electron chi connectivity index (χ0n) is 8.52. The lowest BCUT2D eigenvalue weighted by atomic mass is 10.2. The molecule has 0 amide bonds. The highest BCUT2D eigenvalue weighted by Gasteiger charge is 2.08. The van der Waals surface area contributed by atoms with E-state index in [0.717, 1.165) is 9.37 Å². The van der Waals surface area contributed by atoms with E-state index in [1.165, 1.54) is 11.8 Å². The lowest BCUT2D eigenvalue weighted by Crippen LogP contribution is -1.84. The number of rotatable bonds is 2. The molecule has 0 saturated carbocycles. The van der Waals surface area contributed by atoms with Gasteiger partial charge in [0.2, 0.25) is 0 Å². The summed E-state index contributed by atoms with van der Waals surface area (Å²) in [6, 6.07) is 11.3. The molecule has 5 heteroatoms. The first kappa shape index (κ1) is 12.4. The molecule has 0 aliphatic carbocycles. The smallest absolute Gasteiger partial charge is 0.119 e. The molecular formula is C12H6BrClN2S. The van der Waals surface area contributed by atoms with Crippen molar-refractivity contribution in [3.63, 3.8) is 0 Å². The molecule has 1 aromatic carbocycles. The SMILES string of the molecule is N#Cc1cc(Br)ccc1Sc1ncccc1Cl.